The van der Waals surface area contributed by atoms with Crippen LogP contribution in [0.15, 0.2) is 24.4 Å². The lowest BCUT2D eigenvalue weighted by Crippen LogP contribution is -2.40. The summed E-state index contributed by atoms with van der Waals surface area (Å²) in [6, 6.07) is 5.80. The number of carbonyl (C=O) groups excluding carboxylic acids is 1. The van der Waals surface area contributed by atoms with Crippen LogP contribution in [0.3, 0.4) is 0 Å². The molecule has 6 nitrogen and oxygen atoms in total. The highest BCUT2D eigenvalue weighted by Crippen LogP contribution is 2.37. The average Bonchev–Trinajstić information content (AvgIpc) is 3.20. The van der Waals surface area contributed by atoms with Gasteiger partial charge in [-0.05, 0) is 74.5 Å². The van der Waals surface area contributed by atoms with Gasteiger partial charge in [-0.15, -0.1) is 5.10 Å². The number of aryl methyl sites for hydroxylation is 2. The van der Waals surface area contributed by atoms with Crippen molar-refractivity contribution in [3.8, 4) is 5.75 Å². The average molecular weight is 460 g/mol. The van der Waals surface area contributed by atoms with E-state index < -0.39 is 8.32 Å². The van der Waals surface area contributed by atoms with Crippen molar-refractivity contribution in [2.75, 3.05) is 0 Å². The summed E-state index contributed by atoms with van der Waals surface area (Å²) in [6.07, 6.45) is 5.04. The van der Waals surface area contributed by atoms with Crippen LogP contribution < -0.4 is 4.74 Å². The third-order valence-corrected chi connectivity index (χ3v) is 11.2. The summed E-state index contributed by atoms with van der Waals surface area (Å²) in [7, 11) is -1.84. The number of hydrogen-bond acceptors (Lipinski definition) is 5. The number of hydrogen-bond donors (Lipinski definition) is 0. The van der Waals surface area contributed by atoms with Crippen molar-refractivity contribution in [3.05, 3.63) is 41.2 Å². The first-order chi connectivity index (χ1) is 15.0. The first kappa shape index (κ1) is 26.3. The van der Waals surface area contributed by atoms with Gasteiger partial charge in [-0.1, -0.05) is 39.0 Å². The van der Waals surface area contributed by atoms with Crippen LogP contribution in [0.2, 0.25) is 18.1 Å². The number of aromatic nitrogens is 3. The van der Waals surface area contributed by atoms with Crippen molar-refractivity contribution in [2.24, 2.45) is 0 Å². The summed E-state index contributed by atoms with van der Waals surface area (Å²) in [6.45, 7) is 18.8. The summed E-state index contributed by atoms with van der Waals surface area (Å²) < 4.78 is 13.8. The Kier molecular flexibility index (Phi) is 9.22. The molecule has 0 spiro atoms. The highest BCUT2D eigenvalue weighted by atomic mass is 28.4. The fourth-order valence-electron chi connectivity index (χ4n) is 3.23. The van der Waals surface area contributed by atoms with Crippen LogP contribution >= 0.6 is 0 Å². The number of ether oxygens (including phenoxy) is 1. The Morgan fingerprint density at radius 2 is 1.94 bits per heavy atom. The second-order valence-corrected chi connectivity index (χ2v) is 14.9. The van der Waals surface area contributed by atoms with Crippen molar-refractivity contribution in [1.82, 2.24) is 15.0 Å². The maximum absolute atomic E-state index is 12.4. The summed E-state index contributed by atoms with van der Waals surface area (Å²) in [5.41, 5.74) is 3.23. The zero-order chi connectivity index (χ0) is 23.9. The normalized spacial score (nSPS) is 13.2. The Morgan fingerprint density at radius 3 is 2.53 bits per heavy atom. The van der Waals surface area contributed by atoms with Gasteiger partial charge in [0, 0.05) is 25.1 Å². The van der Waals surface area contributed by atoms with Crippen LogP contribution in [0.4, 0.5) is 0 Å². The van der Waals surface area contributed by atoms with Gasteiger partial charge in [0.1, 0.15) is 5.75 Å². The molecule has 0 amide bonds. The van der Waals surface area contributed by atoms with Crippen LogP contribution in [0.25, 0.3) is 0 Å². The second-order valence-electron chi connectivity index (χ2n) is 10.1. The van der Waals surface area contributed by atoms with E-state index in [0.717, 1.165) is 42.6 Å². The first-order valence-corrected chi connectivity index (χ1v) is 14.7. The lowest BCUT2D eigenvalue weighted by molar-refractivity contribution is -0.134. The molecule has 7 heteroatoms. The lowest BCUT2D eigenvalue weighted by atomic mass is 9.96. The third-order valence-electron chi connectivity index (χ3n) is 6.67. The number of esters is 1. The number of rotatable bonds is 11. The lowest BCUT2D eigenvalue weighted by Gasteiger charge is -2.36. The first-order valence-electron chi connectivity index (χ1n) is 11.8. The van der Waals surface area contributed by atoms with E-state index in [0.29, 0.717) is 24.7 Å². The fourth-order valence-corrected chi connectivity index (χ4v) is 4.18. The van der Waals surface area contributed by atoms with Crippen LogP contribution in [0.1, 0.15) is 83.0 Å². The highest BCUT2D eigenvalue weighted by molar-refractivity contribution is 6.74. The molecule has 0 aliphatic rings. The summed E-state index contributed by atoms with van der Waals surface area (Å²) in [5, 5.41) is 8.57. The minimum atomic E-state index is -1.84. The van der Waals surface area contributed by atoms with Gasteiger partial charge in [-0.3, -0.25) is 9.48 Å². The molecule has 0 bridgehead atoms. The van der Waals surface area contributed by atoms with Crippen LogP contribution in [0.5, 0.6) is 5.75 Å². The maximum atomic E-state index is 12.4. The smallest absolute Gasteiger partial charge is 0.311 e. The Morgan fingerprint density at radius 1 is 1.22 bits per heavy atom. The maximum Gasteiger partial charge on any atom is 0.311 e. The number of carbonyl (C=O) groups is 1. The van der Waals surface area contributed by atoms with Crippen molar-refractivity contribution in [1.29, 1.82) is 0 Å². The van der Waals surface area contributed by atoms with Crippen molar-refractivity contribution >= 4 is 14.3 Å². The largest absolute Gasteiger partial charge is 0.427 e. The topological polar surface area (TPSA) is 66.2 Å². The molecule has 0 saturated heterocycles. The van der Waals surface area contributed by atoms with Gasteiger partial charge < -0.3 is 9.16 Å². The molecule has 0 aliphatic carbocycles. The molecule has 0 N–H and O–H groups in total. The Bertz CT molecular complexity index is 887. The Balaban J connectivity index is 1.89. The summed E-state index contributed by atoms with van der Waals surface area (Å²) in [5.74, 6) is 0.714. The van der Waals surface area contributed by atoms with Crippen molar-refractivity contribution < 1.29 is 14.0 Å². The van der Waals surface area contributed by atoms with E-state index in [4.69, 9.17) is 9.16 Å². The molecular weight excluding hydrogens is 418 g/mol. The Hall–Kier alpha value is -1.99. The summed E-state index contributed by atoms with van der Waals surface area (Å²) >= 11 is 0. The van der Waals surface area contributed by atoms with E-state index in [9.17, 15) is 4.79 Å². The van der Waals surface area contributed by atoms with Crippen LogP contribution in [-0.4, -0.2) is 29.3 Å². The predicted octanol–water partition coefficient (Wildman–Crippen LogP) is 6.40. The standard InChI is InChI=1S/C25H41N3O3Si/c1-9-20(23-17-28(10-2)27-26-23)12-11-13-24(29)31-22-15-14-19(3)21(16-22)18-30-32(7,8)25(4,5)6/h14-17,20H,9-13,18H2,1-8H3. The second kappa shape index (κ2) is 11.2. The van der Waals surface area contributed by atoms with Crippen LogP contribution in [0, 0.1) is 6.92 Å². The molecule has 0 radical (unpaired) electrons. The molecule has 1 atom stereocenters. The van der Waals surface area contributed by atoms with Crippen LogP contribution in [-0.2, 0) is 22.4 Å². The molecule has 1 unspecified atom stereocenters. The highest BCUT2D eigenvalue weighted by Gasteiger charge is 2.37. The van der Waals surface area contributed by atoms with Crippen molar-refractivity contribution in [3.63, 3.8) is 0 Å². The zero-order valence-electron chi connectivity index (χ0n) is 21.2. The van der Waals surface area contributed by atoms with Gasteiger partial charge in [-0.2, -0.15) is 0 Å². The van der Waals surface area contributed by atoms with Gasteiger partial charge in [0.05, 0.1) is 12.3 Å². The molecule has 1 aromatic heterocycles. The minimum Gasteiger partial charge on any atom is -0.427 e. The molecule has 1 aromatic carbocycles. The minimum absolute atomic E-state index is 0.159. The van der Waals surface area contributed by atoms with Gasteiger partial charge in [0.2, 0.25) is 0 Å². The monoisotopic (exact) mass is 459 g/mol. The molecule has 1 heterocycles. The third kappa shape index (κ3) is 7.27. The van der Waals surface area contributed by atoms with E-state index in [1.54, 1.807) is 0 Å². The molecular formula is C25H41N3O3Si. The van der Waals surface area contributed by atoms with Gasteiger partial charge in [0.15, 0.2) is 8.32 Å². The van der Waals surface area contributed by atoms with E-state index in [-0.39, 0.29) is 11.0 Å². The van der Waals surface area contributed by atoms with Gasteiger partial charge >= 0.3 is 5.97 Å². The molecule has 0 fully saturated rings. The molecule has 2 aromatic rings. The fraction of sp³-hybridized carbons (Fsp3) is 0.640. The van der Waals surface area contributed by atoms with E-state index >= 15 is 0 Å². The molecule has 0 saturated carbocycles. The van der Waals surface area contributed by atoms with E-state index in [1.807, 2.05) is 36.0 Å². The van der Waals surface area contributed by atoms with Gasteiger partial charge in [0.25, 0.3) is 0 Å². The van der Waals surface area contributed by atoms with Gasteiger partial charge in [-0.25, -0.2) is 0 Å². The summed E-state index contributed by atoms with van der Waals surface area (Å²) in [4.78, 5) is 12.4. The van der Waals surface area contributed by atoms with E-state index in [1.165, 1.54) is 0 Å². The Labute approximate surface area is 194 Å². The molecule has 32 heavy (non-hydrogen) atoms. The number of nitrogens with zero attached hydrogens (tertiary/aromatic N) is 3. The zero-order valence-corrected chi connectivity index (χ0v) is 22.2. The predicted molar refractivity (Wildman–Crippen MR) is 131 cm³/mol. The molecule has 0 aliphatic heterocycles. The van der Waals surface area contributed by atoms with Crippen molar-refractivity contribution in [2.45, 2.75) is 104 Å². The SMILES string of the molecule is CCC(CCCC(=O)Oc1ccc(C)c(CO[Si](C)(C)C(C)(C)C)c1)c1cn(CC)nn1. The quantitative estimate of drug-likeness (QED) is 0.221. The number of benzene rings is 1. The van der Waals surface area contributed by atoms with E-state index in [2.05, 4.69) is 58.0 Å². The molecule has 178 valence electrons. The molecule has 2 rings (SSSR count).